The fourth-order valence-electron chi connectivity index (χ4n) is 2.99. The molecule has 0 radical (unpaired) electrons. The second-order valence-corrected chi connectivity index (χ2v) is 5.42. The van der Waals surface area contributed by atoms with Crippen molar-refractivity contribution in [2.75, 3.05) is 13.1 Å². The molecular weight excluding hydrogens is 200 g/mol. The molecule has 3 heteroatoms. The van der Waals surface area contributed by atoms with E-state index in [-0.39, 0.29) is 5.91 Å². The summed E-state index contributed by atoms with van der Waals surface area (Å²) in [4.78, 5) is 14.4. The zero-order valence-corrected chi connectivity index (χ0v) is 10.2. The predicted molar refractivity (Wildman–Crippen MR) is 65.1 cm³/mol. The Morgan fingerprint density at radius 2 is 1.38 bits per heavy atom. The molecule has 16 heavy (non-hydrogen) atoms. The van der Waals surface area contributed by atoms with E-state index in [4.69, 9.17) is 5.73 Å². The van der Waals surface area contributed by atoms with Crippen LogP contribution >= 0.6 is 0 Å². The lowest BCUT2D eigenvalue weighted by Gasteiger charge is -2.32. The summed E-state index contributed by atoms with van der Waals surface area (Å²) < 4.78 is 0. The van der Waals surface area contributed by atoms with E-state index in [0.717, 1.165) is 51.6 Å². The van der Waals surface area contributed by atoms with Gasteiger partial charge in [-0.05, 0) is 25.7 Å². The van der Waals surface area contributed by atoms with Crippen molar-refractivity contribution in [1.29, 1.82) is 0 Å². The van der Waals surface area contributed by atoms with Crippen LogP contribution in [0.1, 0.15) is 57.8 Å². The number of rotatable bonds is 1. The van der Waals surface area contributed by atoms with Gasteiger partial charge in [0, 0.05) is 13.1 Å². The average molecular weight is 224 g/mol. The third-order valence-electron chi connectivity index (χ3n) is 4.06. The summed E-state index contributed by atoms with van der Waals surface area (Å²) in [6.45, 7) is 1.86. The van der Waals surface area contributed by atoms with Crippen molar-refractivity contribution in [3.8, 4) is 0 Å². The van der Waals surface area contributed by atoms with Crippen molar-refractivity contribution >= 4 is 5.91 Å². The van der Waals surface area contributed by atoms with Crippen LogP contribution in [0.2, 0.25) is 0 Å². The molecule has 1 saturated carbocycles. The lowest BCUT2D eigenvalue weighted by molar-refractivity contribution is -0.137. The second-order valence-electron chi connectivity index (χ2n) is 5.42. The molecule has 1 aliphatic carbocycles. The first-order valence-corrected chi connectivity index (χ1v) is 6.81. The van der Waals surface area contributed by atoms with Crippen molar-refractivity contribution in [1.82, 2.24) is 4.90 Å². The number of amides is 1. The smallest absolute Gasteiger partial charge is 0.242 e. The van der Waals surface area contributed by atoms with E-state index in [1.54, 1.807) is 0 Å². The second kappa shape index (κ2) is 5.17. The first kappa shape index (κ1) is 11.9. The number of likely N-dealkylation sites (tertiary alicyclic amines) is 1. The molecule has 1 aliphatic heterocycles. The summed E-state index contributed by atoms with van der Waals surface area (Å²) in [6, 6.07) is 0. The summed E-state index contributed by atoms with van der Waals surface area (Å²) in [5.74, 6) is 0.229. The summed E-state index contributed by atoms with van der Waals surface area (Å²) in [5.41, 5.74) is 5.72. The molecule has 2 aliphatic rings. The van der Waals surface area contributed by atoms with Crippen molar-refractivity contribution in [3.63, 3.8) is 0 Å². The van der Waals surface area contributed by atoms with Gasteiger partial charge in [0.05, 0.1) is 5.54 Å². The Labute approximate surface area is 98.4 Å². The quantitative estimate of drug-likeness (QED) is 0.741. The van der Waals surface area contributed by atoms with Crippen LogP contribution < -0.4 is 5.73 Å². The van der Waals surface area contributed by atoms with Gasteiger partial charge in [0.2, 0.25) is 5.91 Å². The van der Waals surface area contributed by atoms with Crippen molar-refractivity contribution in [3.05, 3.63) is 0 Å². The Hall–Kier alpha value is -0.570. The minimum absolute atomic E-state index is 0.229. The van der Waals surface area contributed by atoms with E-state index in [2.05, 4.69) is 0 Å². The molecule has 1 heterocycles. The normalized spacial score (nSPS) is 26.2. The molecule has 1 amide bonds. The standard InChI is InChI=1S/C13H24N2O/c14-13(8-4-5-9-13)12(16)15-10-6-2-1-3-7-11-15/h1-11,14H2. The SMILES string of the molecule is NC1(C(=O)N2CCCCCCC2)CCCC1. The van der Waals surface area contributed by atoms with Gasteiger partial charge in [-0.25, -0.2) is 0 Å². The largest absolute Gasteiger partial charge is 0.341 e. The number of hydrogen-bond donors (Lipinski definition) is 1. The molecule has 0 aromatic carbocycles. The summed E-state index contributed by atoms with van der Waals surface area (Å²) in [5, 5.41) is 0. The average Bonchev–Trinajstić information content (AvgIpc) is 2.65. The van der Waals surface area contributed by atoms with Gasteiger partial charge in [-0.15, -0.1) is 0 Å². The van der Waals surface area contributed by atoms with Gasteiger partial charge < -0.3 is 10.6 Å². The van der Waals surface area contributed by atoms with E-state index in [1.807, 2.05) is 4.90 Å². The van der Waals surface area contributed by atoms with Crippen molar-refractivity contribution in [2.45, 2.75) is 63.3 Å². The summed E-state index contributed by atoms with van der Waals surface area (Å²) in [7, 11) is 0. The third-order valence-corrected chi connectivity index (χ3v) is 4.06. The number of carbonyl (C=O) groups is 1. The highest BCUT2D eigenvalue weighted by Crippen LogP contribution is 2.29. The van der Waals surface area contributed by atoms with E-state index in [1.165, 1.54) is 19.3 Å². The Morgan fingerprint density at radius 1 is 0.875 bits per heavy atom. The monoisotopic (exact) mass is 224 g/mol. The number of hydrogen-bond acceptors (Lipinski definition) is 2. The molecule has 0 spiro atoms. The molecule has 2 N–H and O–H groups in total. The zero-order chi connectivity index (χ0) is 11.4. The molecule has 2 rings (SSSR count). The third kappa shape index (κ3) is 2.57. The highest BCUT2D eigenvalue weighted by Gasteiger charge is 2.39. The van der Waals surface area contributed by atoms with Crippen LogP contribution in [0.25, 0.3) is 0 Å². The van der Waals surface area contributed by atoms with Gasteiger partial charge in [-0.3, -0.25) is 4.79 Å². The van der Waals surface area contributed by atoms with Gasteiger partial charge >= 0.3 is 0 Å². The fraction of sp³-hybridized carbons (Fsp3) is 0.923. The molecule has 3 nitrogen and oxygen atoms in total. The minimum Gasteiger partial charge on any atom is -0.341 e. The lowest BCUT2D eigenvalue weighted by Crippen LogP contribution is -2.54. The maximum absolute atomic E-state index is 12.4. The van der Waals surface area contributed by atoms with Crippen molar-refractivity contribution in [2.24, 2.45) is 5.73 Å². The van der Waals surface area contributed by atoms with E-state index in [0.29, 0.717) is 0 Å². The van der Waals surface area contributed by atoms with Crippen LogP contribution in [0.4, 0.5) is 0 Å². The molecular formula is C13H24N2O. The summed E-state index contributed by atoms with van der Waals surface area (Å²) in [6.07, 6.45) is 10.2. The fourth-order valence-corrected chi connectivity index (χ4v) is 2.99. The first-order valence-electron chi connectivity index (χ1n) is 6.81. The predicted octanol–water partition coefficient (Wildman–Crippen LogP) is 2.05. The van der Waals surface area contributed by atoms with Crippen LogP contribution in [0, 0.1) is 0 Å². The van der Waals surface area contributed by atoms with Crippen LogP contribution in [0.3, 0.4) is 0 Å². The molecule has 0 atom stereocenters. The van der Waals surface area contributed by atoms with Crippen molar-refractivity contribution < 1.29 is 4.79 Å². The zero-order valence-electron chi connectivity index (χ0n) is 10.2. The minimum atomic E-state index is -0.515. The van der Waals surface area contributed by atoms with Gasteiger partial charge in [-0.2, -0.15) is 0 Å². The van der Waals surface area contributed by atoms with Gasteiger partial charge in [0.1, 0.15) is 0 Å². The molecule has 0 aromatic heterocycles. The van der Waals surface area contributed by atoms with Gasteiger partial charge in [0.25, 0.3) is 0 Å². The topological polar surface area (TPSA) is 46.3 Å². The number of nitrogens with two attached hydrogens (primary N) is 1. The molecule has 0 unspecified atom stereocenters. The van der Waals surface area contributed by atoms with Gasteiger partial charge in [0.15, 0.2) is 0 Å². The number of carbonyl (C=O) groups excluding carboxylic acids is 1. The molecule has 1 saturated heterocycles. The number of nitrogens with zero attached hydrogens (tertiary/aromatic N) is 1. The van der Waals surface area contributed by atoms with E-state index in [9.17, 15) is 4.79 Å². The van der Waals surface area contributed by atoms with Crippen LogP contribution in [-0.2, 0) is 4.79 Å². The van der Waals surface area contributed by atoms with Crippen LogP contribution in [0.15, 0.2) is 0 Å². The van der Waals surface area contributed by atoms with Crippen LogP contribution in [0.5, 0.6) is 0 Å². The Morgan fingerprint density at radius 3 is 1.94 bits per heavy atom. The van der Waals surface area contributed by atoms with Gasteiger partial charge in [-0.1, -0.05) is 32.1 Å². The Bertz CT molecular complexity index is 238. The maximum atomic E-state index is 12.4. The Balaban J connectivity index is 1.95. The van der Waals surface area contributed by atoms with Crippen LogP contribution in [-0.4, -0.2) is 29.4 Å². The Kier molecular flexibility index (Phi) is 3.85. The molecule has 0 aromatic rings. The summed E-state index contributed by atoms with van der Waals surface area (Å²) >= 11 is 0. The first-order chi connectivity index (χ1) is 7.72. The molecule has 0 bridgehead atoms. The maximum Gasteiger partial charge on any atom is 0.242 e. The lowest BCUT2D eigenvalue weighted by atomic mass is 9.96. The van der Waals surface area contributed by atoms with E-state index < -0.39 is 5.54 Å². The molecule has 2 fully saturated rings. The highest BCUT2D eigenvalue weighted by atomic mass is 16.2. The van der Waals surface area contributed by atoms with E-state index >= 15 is 0 Å². The highest BCUT2D eigenvalue weighted by molar-refractivity contribution is 5.86. The molecule has 92 valence electrons.